The zero-order valence-corrected chi connectivity index (χ0v) is 36.8. The van der Waals surface area contributed by atoms with Crippen molar-refractivity contribution in [3.63, 3.8) is 0 Å². The minimum atomic E-state index is -3.60. The molecule has 2 aliphatic rings. The Morgan fingerprint density at radius 1 is 0.597 bits per heavy atom. The number of rotatable bonds is 18. The van der Waals surface area contributed by atoms with E-state index in [4.69, 9.17) is 18.5 Å². The Hall–Kier alpha value is -5.96. The van der Waals surface area contributed by atoms with Gasteiger partial charge in [0.2, 0.25) is 0 Å². The number of ether oxygens (including phenoxy) is 2. The third kappa shape index (κ3) is 9.75. The number of imidazole rings is 2. The van der Waals surface area contributed by atoms with Crippen LogP contribution < -0.4 is 11.4 Å². The second-order valence-corrected chi connectivity index (χ2v) is 18.4. The second kappa shape index (κ2) is 19.7. The van der Waals surface area contributed by atoms with Gasteiger partial charge in [-0.15, -0.1) is 9.05 Å². The maximum Gasteiger partial charge on any atom is 0.798 e. The van der Waals surface area contributed by atoms with Crippen molar-refractivity contribution in [2.75, 3.05) is 13.2 Å². The number of non-ortho nitro benzene ring substituents is 2. The molecule has 6 aromatic rings. The van der Waals surface area contributed by atoms with Crippen LogP contribution in [0.15, 0.2) is 95.0 Å². The Kier molecular flexibility index (Phi) is 14.0. The molecule has 4 aromatic heterocycles. The van der Waals surface area contributed by atoms with Crippen molar-refractivity contribution in [1.82, 2.24) is 27.9 Å². The van der Waals surface area contributed by atoms with Gasteiger partial charge < -0.3 is 29.9 Å². The minimum Gasteiger partial charge on any atom is -0.387 e. The van der Waals surface area contributed by atoms with E-state index in [9.17, 15) is 68.5 Å². The molecule has 0 saturated carbocycles. The molecule has 0 amide bonds. The third-order valence-electron chi connectivity index (χ3n) is 10.2. The van der Waals surface area contributed by atoms with Crippen LogP contribution in [0, 0.1) is 20.2 Å². The van der Waals surface area contributed by atoms with E-state index < -0.39 is 117 Å². The van der Waals surface area contributed by atoms with Crippen LogP contribution in [0.4, 0.5) is 11.4 Å². The van der Waals surface area contributed by atoms with Crippen molar-refractivity contribution >= 4 is 55.7 Å². The highest BCUT2D eigenvalue weighted by molar-refractivity contribution is 7.56. The average molecular weight is 1010 g/mol. The summed E-state index contributed by atoms with van der Waals surface area (Å²) >= 11 is 0. The molecule has 348 valence electrons. The normalized spacial score (nSPS) is 23.7. The van der Waals surface area contributed by atoms with Crippen LogP contribution in [0.25, 0.3) is 33.8 Å². The Balaban J connectivity index is 0.844. The van der Waals surface area contributed by atoms with E-state index in [1.54, 1.807) is 0 Å². The minimum absolute atomic E-state index is 0.0959. The molecule has 33 heteroatoms. The van der Waals surface area contributed by atoms with Gasteiger partial charge in [0.05, 0.1) is 21.2 Å². The molecule has 2 saturated heterocycles. The number of fused-ring (bicyclic) bond motifs is 2. The van der Waals surface area contributed by atoms with Crippen LogP contribution >= 0.6 is 33.0 Å². The van der Waals surface area contributed by atoms with E-state index in [0.717, 1.165) is 21.2 Å². The van der Waals surface area contributed by atoms with E-state index >= 15 is 0 Å². The van der Waals surface area contributed by atoms with Gasteiger partial charge in [-0.1, -0.05) is 24.3 Å². The monoisotopic (exact) mass is 1010 g/mol. The number of aliphatic hydroxyl groups is 4. The summed E-state index contributed by atoms with van der Waals surface area (Å²) in [7, 11) is -14.0. The molecule has 29 nitrogen and oxygen atoms in total. The summed E-state index contributed by atoms with van der Waals surface area (Å²) in [6.45, 7) is -1.58. The van der Waals surface area contributed by atoms with Gasteiger partial charge in [-0.2, -0.15) is 0 Å². The zero-order valence-electron chi connectivity index (χ0n) is 33.2. The maximum absolute atomic E-state index is 12.6. The fraction of sp³-hybridized carbons (Fsp3) is 0.294. The number of nitrogens with zero attached hydrogens (tertiary/aromatic N) is 8. The van der Waals surface area contributed by atoms with E-state index in [1.807, 2.05) is 0 Å². The predicted octanol–water partition coefficient (Wildman–Crippen LogP) is 3.11. The molecule has 0 bridgehead atoms. The molecule has 6 heterocycles. The van der Waals surface area contributed by atoms with Gasteiger partial charge in [0.1, 0.15) is 61.1 Å². The van der Waals surface area contributed by atoms with Crippen molar-refractivity contribution in [3.8, 4) is 22.5 Å². The molecular formula is C34H30N8O21P4+4. The van der Waals surface area contributed by atoms with Crippen LogP contribution in [0.5, 0.6) is 0 Å². The zero-order chi connectivity index (χ0) is 47.8. The Morgan fingerprint density at radius 2 is 0.985 bits per heavy atom. The van der Waals surface area contributed by atoms with Gasteiger partial charge in [-0.25, -0.2) is 19.6 Å². The summed E-state index contributed by atoms with van der Waals surface area (Å²) in [4.78, 5) is 54.2. The molecule has 2 fully saturated rings. The number of aliphatic hydroxyl groups excluding tert-OH is 4. The highest BCUT2D eigenvalue weighted by Gasteiger charge is 2.56. The molecule has 0 aliphatic carbocycles. The first-order valence-corrected chi connectivity index (χ1v) is 23.3. The molecule has 8 rings (SSSR count). The van der Waals surface area contributed by atoms with Gasteiger partial charge in [0.25, 0.3) is 11.4 Å². The Morgan fingerprint density at radius 3 is 1.37 bits per heavy atom. The summed E-state index contributed by atoms with van der Waals surface area (Å²) in [5.41, 5.74) is -1.20. The molecule has 2 aromatic carbocycles. The molecule has 2 aliphatic heterocycles. The number of benzene rings is 2. The Labute approximate surface area is 374 Å². The predicted molar refractivity (Wildman–Crippen MR) is 221 cm³/mol. The fourth-order valence-corrected chi connectivity index (χ4v) is 10.3. The summed E-state index contributed by atoms with van der Waals surface area (Å²) in [6.07, 6.45) is -7.94. The SMILES string of the molecule is O=c1nccc2n([C@@H]3O[C@H](CO[P+](=O)O[P+](=O)O[P+](=O)O[P+](=O)OC[C@@H]4O[C@H](n5c(-c6cccc([N+](=O)[O-])c6)cn6c(=O)nccc56)[C@@H](O)[C@H]4O)[C@@H](O)[C@H]3O)c(-c3cccc([N+](=O)[O-])c3)cn12. The summed E-state index contributed by atoms with van der Waals surface area (Å²) in [6, 6.07) is 13.4. The van der Waals surface area contributed by atoms with E-state index in [2.05, 4.69) is 22.9 Å². The van der Waals surface area contributed by atoms with Crippen molar-refractivity contribution in [3.05, 3.63) is 127 Å². The maximum atomic E-state index is 12.6. The lowest BCUT2D eigenvalue weighted by Crippen LogP contribution is -2.33. The number of hydrogen-bond donors (Lipinski definition) is 4. The molecule has 4 unspecified atom stereocenters. The van der Waals surface area contributed by atoms with Crippen molar-refractivity contribution in [2.45, 2.75) is 49.1 Å². The van der Waals surface area contributed by atoms with E-state index in [-0.39, 0.29) is 45.2 Å². The largest absolute Gasteiger partial charge is 0.798 e. The lowest BCUT2D eigenvalue weighted by atomic mass is 10.1. The van der Waals surface area contributed by atoms with Gasteiger partial charge in [0, 0.05) is 78.4 Å². The lowest BCUT2D eigenvalue weighted by Gasteiger charge is -2.20. The topological polar surface area (TPSA) is 379 Å². The van der Waals surface area contributed by atoms with Crippen LogP contribution in [-0.2, 0) is 49.7 Å². The summed E-state index contributed by atoms with van der Waals surface area (Å²) in [5.74, 6) is 0. The van der Waals surface area contributed by atoms with Gasteiger partial charge in [-0.3, -0.25) is 38.2 Å². The molecule has 0 spiro atoms. The van der Waals surface area contributed by atoms with Crippen LogP contribution in [-0.4, -0.2) is 108 Å². The van der Waals surface area contributed by atoms with Gasteiger partial charge in [-0.05, 0) is 12.1 Å². The quantitative estimate of drug-likeness (QED) is 0.0546. The Bertz CT molecular complexity index is 2910. The van der Waals surface area contributed by atoms with Crippen molar-refractivity contribution in [2.24, 2.45) is 0 Å². The summed E-state index contributed by atoms with van der Waals surface area (Å²) in [5, 5.41) is 66.7. The van der Waals surface area contributed by atoms with E-state index in [0.29, 0.717) is 0 Å². The highest BCUT2D eigenvalue weighted by atomic mass is 31.2. The van der Waals surface area contributed by atoms with Crippen LogP contribution in [0.1, 0.15) is 12.5 Å². The van der Waals surface area contributed by atoms with Crippen LogP contribution in [0.3, 0.4) is 0 Å². The standard InChI is InChI=1S/C34H30N8O21P4/c43-27-23(59-31(29(27)45)39-21(13-37-25(39)7-9-35-33(37)47)17-3-1-5-19(11-17)41(49)50)15-57-64(53)61-66(55)63-67(56)62-65(54)58-16-24-28(44)30(46)32(60-24)40-22(14-38-26(40)8-10-36-34(38)48)18-4-2-6-20(12-18)42(51)52/h1-14,23-24,27-32,43-46H,15-16H2/q+4/t23-,24+,27-,28+,29-,30+,31-,32+. The highest BCUT2D eigenvalue weighted by Crippen LogP contribution is 2.51. The smallest absolute Gasteiger partial charge is 0.387 e. The molecule has 4 N–H and O–H groups in total. The van der Waals surface area contributed by atoms with Crippen molar-refractivity contribution in [1.29, 1.82) is 0 Å². The summed E-state index contributed by atoms with van der Waals surface area (Å²) < 4.78 is 89.6. The van der Waals surface area contributed by atoms with E-state index in [1.165, 1.54) is 82.2 Å². The first-order valence-electron chi connectivity index (χ1n) is 18.9. The number of hydrogen-bond acceptors (Lipinski definition) is 23. The first-order chi connectivity index (χ1) is 32.0. The van der Waals surface area contributed by atoms with Crippen molar-refractivity contribution < 1.29 is 80.0 Å². The first kappa shape index (κ1) is 47.5. The van der Waals surface area contributed by atoms with Crippen LogP contribution in [0.2, 0.25) is 0 Å². The number of nitro groups is 2. The molecule has 12 atom stereocenters. The number of nitro benzene ring substituents is 2. The lowest BCUT2D eigenvalue weighted by molar-refractivity contribution is -0.385. The van der Waals surface area contributed by atoms with Gasteiger partial charge >= 0.3 is 44.4 Å². The second-order valence-electron chi connectivity index (χ2n) is 14.1. The average Bonchev–Trinajstić information content (AvgIpc) is 4.03. The fourth-order valence-electron chi connectivity index (χ4n) is 7.26. The molecule has 67 heavy (non-hydrogen) atoms. The van der Waals surface area contributed by atoms with Gasteiger partial charge in [0.15, 0.2) is 25.4 Å². The molecule has 0 radical (unpaired) electrons. The molecular weight excluding hydrogens is 980 g/mol. The third-order valence-corrected chi connectivity index (χ3v) is 14.1. The number of aromatic nitrogens is 6.